The largest absolute Gasteiger partial charge is 0.490 e. The number of hydrogen-bond donors (Lipinski definition) is 1. The van der Waals surface area contributed by atoms with Gasteiger partial charge in [0.1, 0.15) is 18.5 Å². The maximum Gasteiger partial charge on any atom is 0.338 e. The molecule has 210 valence electrons. The number of ether oxygens (including phenoxy) is 2. The molecule has 2 aromatic rings. The molecule has 0 spiro atoms. The number of aryl methyl sites for hydroxylation is 1. The Morgan fingerprint density at radius 3 is 2.74 bits per heavy atom. The minimum absolute atomic E-state index is 0.115. The minimum Gasteiger partial charge on any atom is -0.490 e. The molecule has 0 aliphatic heterocycles. The Kier molecular flexibility index (Phi) is 9.12. The third-order valence-electron chi connectivity index (χ3n) is 9.97. The first-order chi connectivity index (χ1) is 19.0. The zero-order chi connectivity index (χ0) is 27.2. The van der Waals surface area contributed by atoms with Crippen molar-refractivity contribution in [1.29, 1.82) is 0 Å². The quantitative estimate of drug-likeness (QED) is 0.181. The molecule has 39 heavy (non-hydrogen) atoms. The smallest absolute Gasteiger partial charge is 0.338 e. The number of hydrogen-bond acceptors (Lipinski definition) is 4. The maximum atomic E-state index is 12.6. The second kappa shape index (κ2) is 12.7. The summed E-state index contributed by atoms with van der Waals surface area (Å²) >= 11 is 0. The van der Waals surface area contributed by atoms with Crippen LogP contribution in [0.2, 0.25) is 0 Å². The van der Waals surface area contributed by atoms with Crippen molar-refractivity contribution in [3.8, 4) is 5.75 Å². The lowest BCUT2D eigenvalue weighted by molar-refractivity contribution is -0.0226. The third-order valence-corrected chi connectivity index (χ3v) is 9.97. The van der Waals surface area contributed by atoms with Gasteiger partial charge in [0, 0.05) is 6.42 Å². The van der Waals surface area contributed by atoms with E-state index in [0.29, 0.717) is 36.3 Å². The van der Waals surface area contributed by atoms with Crippen molar-refractivity contribution in [2.24, 2.45) is 17.3 Å². The average molecular weight is 531 g/mol. The van der Waals surface area contributed by atoms with Gasteiger partial charge >= 0.3 is 5.97 Å². The summed E-state index contributed by atoms with van der Waals surface area (Å²) in [4.78, 5) is 12.6. The van der Waals surface area contributed by atoms with Gasteiger partial charge in [-0.15, -0.1) is 0 Å². The van der Waals surface area contributed by atoms with Gasteiger partial charge in [0.25, 0.3) is 0 Å². The monoisotopic (exact) mass is 530 g/mol. The van der Waals surface area contributed by atoms with Gasteiger partial charge in [0.2, 0.25) is 0 Å². The Bertz CT molecular complexity index is 1120. The van der Waals surface area contributed by atoms with E-state index in [0.717, 1.165) is 50.7 Å². The Hall–Kier alpha value is -2.59. The van der Waals surface area contributed by atoms with Crippen molar-refractivity contribution < 1.29 is 19.4 Å². The minimum atomic E-state index is -0.246. The summed E-state index contributed by atoms with van der Waals surface area (Å²) in [6.45, 7) is 5.04. The molecular formula is C35H46O4. The first-order valence-corrected chi connectivity index (χ1v) is 15.3. The van der Waals surface area contributed by atoms with E-state index in [1.165, 1.54) is 30.4 Å². The number of aliphatic hydroxyl groups excluding tert-OH is 1. The average Bonchev–Trinajstić information content (AvgIpc) is 3.27. The van der Waals surface area contributed by atoms with Gasteiger partial charge in [-0.1, -0.05) is 63.1 Å². The fourth-order valence-electron chi connectivity index (χ4n) is 7.72. The summed E-state index contributed by atoms with van der Waals surface area (Å²) in [6, 6.07) is 16.0. The number of aliphatic hydroxyl groups is 1. The molecule has 0 heterocycles. The van der Waals surface area contributed by atoms with Gasteiger partial charge in [-0.25, -0.2) is 4.79 Å². The van der Waals surface area contributed by atoms with Crippen LogP contribution in [0.1, 0.15) is 105 Å². The SMILES string of the molecule is CCCCCC(C/C=C/COc1ccc2c(c1)CC[C@@H]1[C@@H]2CC[C@]2(C)[C@@H](O)CC[C@@H]12)OC(=O)c1ccccc1. The third kappa shape index (κ3) is 6.27. The number of fused-ring (bicyclic) bond motifs is 5. The van der Waals surface area contributed by atoms with Crippen LogP contribution in [-0.2, 0) is 11.2 Å². The van der Waals surface area contributed by atoms with Gasteiger partial charge in [0.05, 0.1) is 11.7 Å². The van der Waals surface area contributed by atoms with E-state index in [4.69, 9.17) is 9.47 Å². The molecule has 2 fully saturated rings. The second-order valence-corrected chi connectivity index (χ2v) is 12.3. The highest BCUT2D eigenvalue weighted by atomic mass is 16.5. The predicted octanol–water partition coefficient (Wildman–Crippen LogP) is 8.03. The molecule has 0 aromatic heterocycles. The summed E-state index contributed by atoms with van der Waals surface area (Å²) in [5.41, 5.74) is 3.70. The highest BCUT2D eigenvalue weighted by Gasteiger charge is 2.54. The van der Waals surface area contributed by atoms with E-state index in [9.17, 15) is 9.90 Å². The predicted molar refractivity (Wildman–Crippen MR) is 156 cm³/mol. The van der Waals surface area contributed by atoms with Crippen LogP contribution in [0.15, 0.2) is 60.7 Å². The molecule has 1 unspecified atom stereocenters. The highest BCUT2D eigenvalue weighted by molar-refractivity contribution is 5.89. The first kappa shape index (κ1) is 28.0. The van der Waals surface area contributed by atoms with E-state index in [1.54, 1.807) is 12.1 Å². The molecule has 1 N–H and O–H groups in total. The van der Waals surface area contributed by atoms with Crippen molar-refractivity contribution in [1.82, 2.24) is 0 Å². The number of rotatable bonds is 11. The molecule has 2 saturated carbocycles. The fourth-order valence-corrected chi connectivity index (χ4v) is 7.72. The maximum absolute atomic E-state index is 12.6. The summed E-state index contributed by atoms with van der Waals surface area (Å²) < 4.78 is 12.0. The van der Waals surface area contributed by atoms with Gasteiger partial charge in [0.15, 0.2) is 0 Å². The van der Waals surface area contributed by atoms with Crippen LogP contribution in [-0.4, -0.2) is 29.9 Å². The highest BCUT2D eigenvalue weighted by Crippen LogP contribution is 2.60. The molecule has 6 atom stereocenters. The van der Waals surface area contributed by atoms with Gasteiger partial charge in [-0.2, -0.15) is 0 Å². The molecular weight excluding hydrogens is 484 g/mol. The molecule has 4 nitrogen and oxygen atoms in total. The number of carbonyl (C=O) groups excluding carboxylic acids is 1. The zero-order valence-corrected chi connectivity index (χ0v) is 23.8. The van der Waals surface area contributed by atoms with E-state index >= 15 is 0 Å². The molecule has 2 aromatic carbocycles. The van der Waals surface area contributed by atoms with E-state index in [2.05, 4.69) is 38.1 Å². The summed E-state index contributed by atoms with van der Waals surface area (Å²) in [5, 5.41) is 10.6. The van der Waals surface area contributed by atoms with Crippen LogP contribution >= 0.6 is 0 Å². The van der Waals surface area contributed by atoms with Crippen LogP contribution in [0, 0.1) is 17.3 Å². The Labute approximate surface area is 234 Å². The van der Waals surface area contributed by atoms with E-state index in [-0.39, 0.29) is 23.6 Å². The molecule has 0 radical (unpaired) electrons. The van der Waals surface area contributed by atoms with Crippen molar-refractivity contribution in [2.45, 2.75) is 103 Å². The molecule has 0 bridgehead atoms. The van der Waals surface area contributed by atoms with Crippen molar-refractivity contribution in [3.05, 3.63) is 77.4 Å². The van der Waals surface area contributed by atoms with E-state index < -0.39 is 0 Å². The van der Waals surface area contributed by atoms with Gasteiger partial charge < -0.3 is 14.6 Å². The van der Waals surface area contributed by atoms with Crippen molar-refractivity contribution in [2.75, 3.05) is 6.61 Å². The first-order valence-electron chi connectivity index (χ1n) is 15.3. The number of unbranched alkanes of at least 4 members (excludes halogenated alkanes) is 2. The summed E-state index contributed by atoms with van der Waals surface area (Å²) in [7, 11) is 0. The molecule has 5 rings (SSSR count). The number of benzene rings is 2. The molecule has 3 aliphatic rings. The van der Waals surface area contributed by atoms with E-state index in [1.807, 2.05) is 24.3 Å². The van der Waals surface area contributed by atoms with Gasteiger partial charge in [-0.3, -0.25) is 0 Å². The van der Waals surface area contributed by atoms with Gasteiger partial charge in [-0.05, 0) is 110 Å². The van der Waals surface area contributed by atoms with Crippen LogP contribution in [0.3, 0.4) is 0 Å². The lowest BCUT2D eigenvalue weighted by Gasteiger charge is -2.50. The topological polar surface area (TPSA) is 55.8 Å². The lowest BCUT2D eigenvalue weighted by Crippen LogP contribution is -2.43. The second-order valence-electron chi connectivity index (χ2n) is 12.3. The van der Waals surface area contributed by atoms with Crippen LogP contribution in [0.5, 0.6) is 5.75 Å². The molecule has 4 heteroatoms. The molecule has 0 saturated heterocycles. The standard InChI is InChI=1S/C35H46O4/c1-3-4-6-13-27(39-34(37)25-11-7-5-8-12-25)14-9-10-23-38-28-16-18-29-26(24-28)15-17-31-30(29)21-22-35(2)32(31)19-20-33(35)36/h5,7-12,16,18,24,27,30-33,36H,3-4,6,13-15,17,19-23H2,1-2H3/b10-9+/t27?,30-,31-,32+,33+,35+/m1/s1. The summed E-state index contributed by atoms with van der Waals surface area (Å²) in [5.74, 6) is 2.70. The van der Waals surface area contributed by atoms with Crippen molar-refractivity contribution in [3.63, 3.8) is 0 Å². The van der Waals surface area contributed by atoms with Crippen LogP contribution in [0.25, 0.3) is 0 Å². The zero-order valence-electron chi connectivity index (χ0n) is 23.8. The molecule has 3 aliphatic carbocycles. The normalized spacial score (nSPS) is 28.4. The Morgan fingerprint density at radius 1 is 1.08 bits per heavy atom. The van der Waals surface area contributed by atoms with Crippen LogP contribution in [0.4, 0.5) is 0 Å². The lowest BCUT2D eigenvalue weighted by atomic mass is 9.55. The fraction of sp³-hybridized carbons (Fsp3) is 0.571. The number of carbonyl (C=O) groups is 1. The van der Waals surface area contributed by atoms with Crippen LogP contribution < -0.4 is 4.74 Å². The summed E-state index contributed by atoms with van der Waals surface area (Å²) in [6.07, 6.45) is 15.7. The van der Waals surface area contributed by atoms with Crippen molar-refractivity contribution >= 4 is 5.97 Å². The number of esters is 1. The molecule has 0 amide bonds. The Morgan fingerprint density at radius 2 is 1.92 bits per heavy atom. The Balaban J connectivity index is 1.14.